The van der Waals surface area contributed by atoms with E-state index in [-0.39, 0.29) is 0 Å². The summed E-state index contributed by atoms with van der Waals surface area (Å²) in [6.07, 6.45) is 11.3. The highest BCUT2D eigenvalue weighted by Crippen LogP contribution is 2.40. The van der Waals surface area contributed by atoms with Crippen LogP contribution in [0.2, 0.25) is 0 Å². The van der Waals surface area contributed by atoms with Crippen molar-refractivity contribution in [3.05, 3.63) is 0 Å². The Morgan fingerprint density at radius 1 is 0.867 bits per heavy atom. The van der Waals surface area contributed by atoms with E-state index in [2.05, 4.69) is 4.90 Å². The van der Waals surface area contributed by atoms with E-state index in [1.165, 1.54) is 71.0 Å². The molecule has 0 atom stereocenters. The van der Waals surface area contributed by atoms with Gasteiger partial charge < -0.3 is 10.6 Å². The lowest BCUT2D eigenvalue weighted by Gasteiger charge is -2.44. The second-order valence-corrected chi connectivity index (χ2v) is 5.60. The lowest BCUT2D eigenvalue weighted by Crippen LogP contribution is -2.47. The van der Waals surface area contributed by atoms with Crippen LogP contribution >= 0.6 is 0 Å². The Labute approximate surface area is 94.2 Å². The fraction of sp³-hybridized carbons (Fsp3) is 1.00. The van der Waals surface area contributed by atoms with Crippen LogP contribution in [-0.2, 0) is 0 Å². The molecule has 0 amide bonds. The fourth-order valence-electron chi connectivity index (χ4n) is 3.05. The number of likely N-dealkylation sites (tertiary alicyclic amines) is 1. The zero-order valence-electron chi connectivity index (χ0n) is 10.0. The normalized spacial score (nSPS) is 27.8. The fourth-order valence-corrected chi connectivity index (χ4v) is 3.05. The molecule has 0 bridgehead atoms. The molecule has 1 heterocycles. The minimum atomic E-state index is 0.513. The van der Waals surface area contributed by atoms with Gasteiger partial charge >= 0.3 is 0 Å². The Kier molecular flexibility index (Phi) is 4.04. The molecule has 0 aromatic heterocycles. The average molecular weight is 210 g/mol. The number of hydrogen-bond donors (Lipinski definition) is 1. The van der Waals surface area contributed by atoms with E-state index < -0.39 is 0 Å². The van der Waals surface area contributed by atoms with Gasteiger partial charge in [-0.1, -0.05) is 25.7 Å². The average Bonchev–Trinajstić information content (AvgIpc) is 2.14. The summed E-state index contributed by atoms with van der Waals surface area (Å²) in [7, 11) is 0. The first kappa shape index (κ1) is 11.4. The van der Waals surface area contributed by atoms with E-state index in [1.54, 1.807) is 0 Å². The van der Waals surface area contributed by atoms with Gasteiger partial charge in [-0.2, -0.15) is 0 Å². The maximum atomic E-state index is 5.93. The highest BCUT2D eigenvalue weighted by atomic mass is 15.1. The maximum Gasteiger partial charge on any atom is 0.00501 e. The molecule has 2 rings (SSSR count). The minimum Gasteiger partial charge on any atom is -0.330 e. The van der Waals surface area contributed by atoms with Gasteiger partial charge in [0.25, 0.3) is 0 Å². The summed E-state index contributed by atoms with van der Waals surface area (Å²) in [5.74, 6) is 0. The van der Waals surface area contributed by atoms with Crippen LogP contribution in [0.5, 0.6) is 0 Å². The van der Waals surface area contributed by atoms with Gasteiger partial charge in [0.15, 0.2) is 0 Å². The van der Waals surface area contributed by atoms with Gasteiger partial charge in [-0.15, -0.1) is 0 Å². The van der Waals surface area contributed by atoms with E-state index >= 15 is 0 Å². The third-order valence-corrected chi connectivity index (χ3v) is 4.35. The monoisotopic (exact) mass is 210 g/mol. The molecule has 15 heavy (non-hydrogen) atoms. The Morgan fingerprint density at radius 3 is 1.93 bits per heavy atom. The standard InChI is InChI=1S/C13H26N2/c14-11-13(7-6-8-13)12-15-9-4-2-1-3-5-10-15/h1-12,14H2. The first-order valence-corrected chi connectivity index (χ1v) is 6.77. The Morgan fingerprint density at radius 2 is 1.47 bits per heavy atom. The van der Waals surface area contributed by atoms with Crippen molar-refractivity contribution in [1.29, 1.82) is 0 Å². The molecule has 2 fully saturated rings. The van der Waals surface area contributed by atoms with Crippen LogP contribution in [0.25, 0.3) is 0 Å². The lowest BCUT2D eigenvalue weighted by molar-refractivity contribution is 0.0704. The summed E-state index contributed by atoms with van der Waals surface area (Å²) < 4.78 is 0. The predicted molar refractivity (Wildman–Crippen MR) is 64.9 cm³/mol. The molecular weight excluding hydrogens is 184 g/mol. The summed E-state index contributed by atoms with van der Waals surface area (Å²) in [4.78, 5) is 2.69. The van der Waals surface area contributed by atoms with Crippen LogP contribution in [0.4, 0.5) is 0 Å². The number of rotatable bonds is 3. The van der Waals surface area contributed by atoms with Crippen LogP contribution < -0.4 is 5.73 Å². The van der Waals surface area contributed by atoms with Crippen LogP contribution in [0.1, 0.15) is 51.4 Å². The van der Waals surface area contributed by atoms with Gasteiger partial charge in [0, 0.05) is 6.54 Å². The van der Waals surface area contributed by atoms with Crippen molar-refractivity contribution in [2.45, 2.75) is 51.4 Å². The highest BCUT2D eigenvalue weighted by Gasteiger charge is 2.36. The van der Waals surface area contributed by atoms with Crippen LogP contribution in [0.3, 0.4) is 0 Å². The molecule has 0 unspecified atom stereocenters. The molecule has 1 saturated heterocycles. The molecule has 2 N–H and O–H groups in total. The van der Waals surface area contributed by atoms with Gasteiger partial charge in [-0.05, 0) is 50.7 Å². The smallest absolute Gasteiger partial charge is 0.00501 e. The predicted octanol–water partition coefficient (Wildman–Crippen LogP) is 2.38. The summed E-state index contributed by atoms with van der Waals surface area (Å²) in [6.45, 7) is 4.83. The van der Waals surface area contributed by atoms with Crippen molar-refractivity contribution in [2.24, 2.45) is 11.1 Å². The second-order valence-electron chi connectivity index (χ2n) is 5.60. The molecule has 0 radical (unpaired) electrons. The first-order valence-electron chi connectivity index (χ1n) is 6.77. The molecule has 0 aromatic carbocycles. The van der Waals surface area contributed by atoms with E-state index in [1.807, 2.05) is 0 Å². The molecule has 88 valence electrons. The van der Waals surface area contributed by atoms with E-state index in [0.717, 1.165) is 6.54 Å². The Bertz CT molecular complexity index is 173. The van der Waals surface area contributed by atoms with E-state index in [9.17, 15) is 0 Å². The van der Waals surface area contributed by atoms with Crippen LogP contribution in [-0.4, -0.2) is 31.1 Å². The quantitative estimate of drug-likeness (QED) is 0.775. The van der Waals surface area contributed by atoms with Crippen molar-refractivity contribution < 1.29 is 0 Å². The number of nitrogens with two attached hydrogens (primary N) is 1. The van der Waals surface area contributed by atoms with Gasteiger partial charge in [-0.3, -0.25) is 0 Å². The number of hydrogen-bond acceptors (Lipinski definition) is 2. The van der Waals surface area contributed by atoms with E-state index in [0.29, 0.717) is 5.41 Å². The van der Waals surface area contributed by atoms with Gasteiger partial charge in [0.05, 0.1) is 0 Å². The molecular formula is C13H26N2. The van der Waals surface area contributed by atoms with E-state index in [4.69, 9.17) is 5.73 Å². The molecule has 1 aliphatic heterocycles. The van der Waals surface area contributed by atoms with Crippen LogP contribution in [0.15, 0.2) is 0 Å². The topological polar surface area (TPSA) is 29.3 Å². The lowest BCUT2D eigenvalue weighted by atomic mass is 9.68. The third-order valence-electron chi connectivity index (χ3n) is 4.35. The summed E-state index contributed by atoms with van der Waals surface area (Å²) in [5.41, 5.74) is 6.44. The summed E-state index contributed by atoms with van der Waals surface area (Å²) >= 11 is 0. The largest absolute Gasteiger partial charge is 0.330 e. The summed E-state index contributed by atoms with van der Waals surface area (Å²) in [6, 6.07) is 0. The van der Waals surface area contributed by atoms with Crippen molar-refractivity contribution in [3.8, 4) is 0 Å². The SMILES string of the molecule is NCC1(CN2CCCCCCC2)CCC1. The molecule has 0 aromatic rings. The van der Waals surface area contributed by atoms with Gasteiger partial charge in [-0.25, -0.2) is 0 Å². The number of nitrogens with zero attached hydrogens (tertiary/aromatic N) is 1. The minimum absolute atomic E-state index is 0.513. The Balaban J connectivity index is 1.80. The molecule has 2 nitrogen and oxygen atoms in total. The van der Waals surface area contributed by atoms with Crippen molar-refractivity contribution in [2.75, 3.05) is 26.2 Å². The highest BCUT2D eigenvalue weighted by molar-refractivity contribution is 4.91. The van der Waals surface area contributed by atoms with Crippen molar-refractivity contribution >= 4 is 0 Å². The Hall–Kier alpha value is -0.0800. The van der Waals surface area contributed by atoms with Crippen LogP contribution in [0, 0.1) is 5.41 Å². The van der Waals surface area contributed by atoms with Gasteiger partial charge in [0.1, 0.15) is 0 Å². The molecule has 2 heteroatoms. The molecule has 1 saturated carbocycles. The second kappa shape index (κ2) is 5.31. The molecule has 2 aliphatic rings. The first-order chi connectivity index (χ1) is 7.35. The maximum absolute atomic E-state index is 5.93. The molecule has 0 spiro atoms. The van der Waals surface area contributed by atoms with Crippen molar-refractivity contribution in [1.82, 2.24) is 4.90 Å². The molecule has 1 aliphatic carbocycles. The van der Waals surface area contributed by atoms with Gasteiger partial charge in [0.2, 0.25) is 0 Å². The zero-order valence-corrected chi connectivity index (χ0v) is 10.0. The summed E-state index contributed by atoms with van der Waals surface area (Å²) in [5, 5.41) is 0. The van der Waals surface area contributed by atoms with Crippen molar-refractivity contribution in [3.63, 3.8) is 0 Å². The third kappa shape index (κ3) is 2.94. The zero-order chi connectivity index (χ0) is 10.6.